The van der Waals surface area contributed by atoms with Crippen LogP contribution < -0.4 is 4.72 Å². The van der Waals surface area contributed by atoms with Crippen molar-refractivity contribution >= 4 is 15.7 Å². The van der Waals surface area contributed by atoms with Crippen molar-refractivity contribution in [3.8, 4) is 11.5 Å². The number of nitrogens with zero attached hydrogens (tertiary/aromatic N) is 3. The zero-order valence-corrected chi connectivity index (χ0v) is 14.4. The molecule has 0 unspecified atom stereocenters. The highest BCUT2D eigenvalue weighted by Gasteiger charge is 2.19. The number of non-ortho nitro benzene ring substituents is 1. The van der Waals surface area contributed by atoms with Crippen LogP contribution in [0.2, 0.25) is 0 Å². The number of rotatable bonds is 6. The van der Waals surface area contributed by atoms with Crippen molar-refractivity contribution in [2.45, 2.75) is 18.4 Å². The van der Waals surface area contributed by atoms with Gasteiger partial charge in [-0.05, 0) is 25.1 Å². The number of nitro groups is 1. The Morgan fingerprint density at radius 2 is 1.88 bits per heavy atom. The summed E-state index contributed by atoms with van der Waals surface area (Å²) in [7, 11) is -3.96. The van der Waals surface area contributed by atoms with Crippen molar-refractivity contribution in [3.63, 3.8) is 0 Å². The Balaban J connectivity index is 1.73. The molecule has 0 saturated carbocycles. The molecular weight excluding hydrogens is 360 g/mol. The zero-order chi connectivity index (χ0) is 18.7. The predicted octanol–water partition coefficient (Wildman–Crippen LogP) is 2.43. The zero-order valence-electron chi connectivity index (χ0n) is 13.6. The molecule has 0 aliphatic rings. The Morgan fingerprint density at radius 1 is 1.15 bits per heavy atom. The molecule has 0 atom stereocenters. The second-order valence-corrected chi connectivity index (χ2v) is 7.21. The highest BCUT2D eigenvalue weighted by atomic mass is 32.2. The van der Waals surface area contributed by atoms with E-state index in [0.717, 1.165) is 17.2 Å². The van der Waals surface area contributed by atoms with Gasteiger partial charge in [0.2, 0.25) is 21.8 Å². The van der Waals surface area contributed by atoms with Gasteiger partial charge in [-0.3, -0.25) is 10.1 Å². The minimum atomic E-state index is -3.96. The minimum absolute atomic E-state index is 0.0783. The summed E-state index contributed by atoms with van der Waals surface area (Å²) in [5, 5.41) is 18.5. The predicted molar refractivity (Wildman–Crippen MR) is 91.6 cm³/mol. The van der Waals surface area contributed by atoms with Crippen LogP contribution >= 0.6 is 0 Å². The number of sulfonamides is 1. The van der Waals surface area contributed by atoms with E-state index in [2.05, 4.69) is 14.9 Å². The third kappa shape index (κ3) is 3.92. The van der Waals surface area contributed by atoms with Crippen molar-refractivity contribution in [1.82, 2.24) is 14.9 Å². The smallest absolute Gasteiger partial charge is 0.270 e. The van der Waals surface area contributed by atoms with Crippen LogP contribution in [0.3, 0.4) is 0 Å². The summed E-state index contributed by atoms with van der Waals surface area (Å²) in [4.78, 5) is 9.90. The van der Waals surface area contributed by atoms with Crippen molar-refractivity contribution in [1.29, 1.82) is 0 Å². The van der Waals surface area contributed by atoms with Gasteiger partial charge >= 0.3 is 0 Å². The van der Waals surface area contributed by atoms with Gasteiger partial charge in [0, 0.05) is 17.7 Å². The fraction of sp³-hybridized carbons (Fsp3) is 0.125. The first-order valence-electron chi connectivity index (χ1n) is 7.49. The van der Waals surface area contributed by atoms with Crippen LogP contribution in [0, 0.1) is 17.0 Å². The molecule has 0 fully saturated rings. The number of nitrogens with one attached hydrogen (secondary N) is 1. The third-order valence-electron chi connectivity index (χ3n) is 3.52. The molecule has 1 aromatic heterocycles. The van der Waals surface area contributed by atoms with E-state index in [1.54, 1.807) is 0 Å². The molecule has 1 N–H and O–H groups in total. The van der Waals surface area contributed by atoms with E-state index in [1.807, 2.05) is 31.2 Å². The molecule has 0 aliphatic carbocycles. The molecule has 0 radical (unpaired) electrons. The Morgan fingerprint density at radius 3 is 2.58 bits per heavy atom. The van der Waals surface area contributed by atoms with E-state index in [9.17, 15) is 18.5 Å². The number of hydrogen-bond donors (Lipinski definition) is 1. The first kappa shape index (κ1) is 17.7. The Labute approximate surface area is 148 Å². The van der Waals surface area contributed by atoms with Crippen molar-refractivity contribution in [2.24, 2.45) is 0 Å². The fourth-order valence-corrected chi connectivity index (χ4v) is 3.16. The topological polar surface area (TPSA) is 128 Å². The lowest BCUT2D eigenvalue weighted by Crippen LogP contribution is -2.23. The molecular formula is C16H14N4O5S. The summed E-state index contributed by atoms with van der Waals surface area (Å²) in [5.74, 6) is 0.351. The Bertz CT molecular complexity index is 1040. The van der Waals surface area contributed by atoms with Gasteiger partial charge in [0.25, 0.3) is 5.69 Å². The number of nitro benzene ring substituents is 1. The third-order valence-corrected chi connectivity index (χ3v) is 4.92. The van der Waals surface area contributed by atoms with Gasteiger partial charge in [-0.15, -0.1) is 10.2 Å². The van der Waals surface area contributed by atoms with Crippen LogP contribution in [0.15, 0.2) is 57.8 Å². The highest BCUT2D eigenvalue weighted by molar-refractivity contribution is 7.89. The summed E-state index contributed by atoms with van der Waals surface area (Å²) < 4.78 is 32.3. The molecule has 0 bridgehead atoms. The highest BCUT2D eigenvalue weighted by Crippen LogP contribution is 2.19. The monoisotopic (exact) mass is 374 g/mol. The van der Waals surface area contributed by atoms with Crippen LogP contribution in [0.5, 0.6) is 0 Å². The van der Waals surface area contributed by atoms with Crippen molar-refractivity contribution in [3.05, 3.63) is 70.1 Å². The summed E-state index contributed by atoms with van der Waals surface area (Å²) in [6.07, 6.45) is 0. The Kier molecular flexibility index (Phi) is 4.78. The van der Waals surface area contributed by atoms with E-state index in [1.165, 1.54) is 18.2 Å². The van der Waals surface area contributed by atoms with Crippen molar-refractivity contribution < 1.29 is 17.8 Å². The second-order valence-electron chi connectivity index (χ2n) is 5.45. The standard InChI is InChI=1S/C16H14N4O5S/c1-11-5-7-12(8-6-11)16-19-18-15(25-16)10-17-26(23,24)14-4-2-3-13(9-14)20(21)22/h2-9,17H,10H2,1H3. The van der Waals surface area contributed by atoms with Crippen LogP contribution in [0.4, 0.5) is 5.69 Å². The van der Waals surface area contributed by atoms with Gasteiger partial charge in [0.1, 0.15) is 0 Å². The van der Waals surface area contributed by atoms with Gasteiger partial charge in [0.05, 0.1) is 16.4 Å². The van der Waals surface area contributed by atoms with Gasteiger partial charge in [-0.2, -0.15) is 0 Å². The summed E-state index contributed by atoms with van der Waals surface area (Å²) >= 11 is 0. The minimum Gasteiger partial charge on any atom is -0.419 e. The SMILES string of the molecule is Cc1ccc(-c2nnc(CNS(=O)(=O)c3cccc([N+](=O)[O-])c3)o2)cc1. The molecule has 0 saturated heterocycles. The van der Waals surface area contributed by atoms with Gasteiger partial charge in [0.15, 0.2) is 0 Å². The molecule has 2 aromatic carbocycles. The maximum atomic E-state index is 12.3. The lowest BCUT2D eigenvalue weighted by atomic mass is 10.1. The maximum absolute atomic E-state index is 12.3. The first-order valence-corrected chi connectivity index (χ1v) is 8.97. The molecule has 0 amide bonds. The molecule has 9 nitrogen and oxygen atoms in total. The molecule has 26 heavy (non-hydrogen) atoms. The van der Waals surface area contributed by atoms with Crippen LogP contribution in [-0.4, -0.2) is 23.5 Å². The lowest BCUT2D eigenvalue weighted by molar-refractivity contribution is -0.385. The molecule has 134 valence electrons. The van der Waals surface area contributed by atoms with E-state index in [4.69, 9.17) is 4.42 Å². The molecule has 10 heteroatoms. The van der Waals surface area contributed by atoms with Crippen LogP contribution in [0.25, 0.3) is 11.5 Å². The number of aromatic nitrogens is 2. The molecule has 3 rings (SSSR count). The normalized spacial score (nSPS) is 11.4. The van der Waals surface area contributed by atoms with E-state index in [0.29, 0.717) is 0 Å². The molecule has 0 aliphatic heterocycles. The maximum Gasteiger partial charge on any atom is 0.270 e. The average molecular weight is 374 g/mol. The molecule has 0 spiro atoms. The quantitative estimate of drug-likeness (QED) is 0.518. The largest absolute Gasteiger partial charge is 0.419 e. The van der Waals surface area contributed by atoms with Crippen LogP contribution in [0.1, 0.15) is 11.5 Å². The average Bonchev–Trinajstić information content (AvgIpc) is 3.10. The van der Waals surface area contributed by atoms with E-state index >= 15 is 0 Å². The van der Waals surface area contributed by atoms with Crippen molar-refractivity contribution in [2.75, 3.05) is 0 Å². The fourth-order valence-electron chi connectivity index (χ4n) is 2.14. The summed E-state index contributed by atoms with van der Waals surface area (Å²) in [6.45, 7) is 1.72. The van der Waals surface area contributed by atoms with Gasteiger partial charge < -0.3 is 4.42 Å². The summed E-state index contributed by atoms with van der Waals surface area (Å²) in [6, 6.07) is 12.2. The number of aryl methyl sites for hydroxylation is 1. The Hall–Kier alpha value is -3.11. The molecule has 1 heterocycles. The first-order chi connectivity index (χ1) is 12.3. The molecule has 3 aromatic rings. The number of benzene rings is 2. The van der Waals surface area contributed by atoms with Gasteiger partial charge in [-0.25, -0.2) is 13.1 Å². The van der Waals surface area contributed by atoms with E-state index in [-0.39, 0.29) is 28.9 Å². The second kappa shape index (κ2) is 7.02. The van der Waals surface area contributed by atoms with Crippen LogP contribution in [-0.2, 0) is 16.6 Å². The lowest BCUT2D eigenvalue weighted by Gasteiger charge is -2.04. The number of hydrogen-bond acceptors (Lipinski definition) is 7. The summed E-state index contributed by atoms with van der Waals surface area (Å²) in [5.41, 5.74) is 1.49. The van der Waals surface area contributed by atoms with E-state index < -0.39 is 14.9 Å². The van der Waals surface area contributed by atoms with Gasteiger partial charge in [-0.1, -0.05) is 23.8 Å².